The van der Waals surface area contributed by atoms with E-state index in [1.54, 1.807) is 24.3 Å². The van der Waals surface area contributed by atoms with Gasteiger partial charge in [0.1, 0.15) is 11.6 Å². The number of aromatic amines is 1. The van der Waals surface area contributed by atoms with Crippen molar-refractivity contribution in [2.45, 2.75) is 12.2 Å². The van der Waals surface area contributed by atoms with Crippen molar-refractivity contribution in [3.05, 3.63) is 54.4 Å². The van der Waals surface area contributed by atoms with Crippen LogP contribution in [-0.2, 0) is 4.79 Å². The number of phenolic OH excluding ortho intramolecular Hbond substituents is 1. The van der Waals surface area contributed by atoms with Crippen molar-refractivity contribution in [3.63, 3.8) is 0 Å². The summed E-state index contributed by atoms with van der Waals surface area (Å²) in [5.41, 5.74) is 2.34. The number of nitrogens with zero attached hydrogens (tertiary/aromatic N) is 1. The van der Waals surface area contributed by atoms with Crippen LogP contribution in [0.2, 0.25) is 0 Å². The molecule has 3 N–H and O–H groups in total. The number of phenols is 1. The molecular formula is C17H17N3O2S. The monoisotopic (exact) mass is 327 g/mol. The van der Waals surface area contributed by atoms with Crippen molar-refractivity contribution in [1.29, 1.82) is 0 Å². The van der Waals surface area contributed by atoms with Gasteiger partial charge in [-0.05, 0) is 31.2 Å². The molecule has 6 heteroatoms. The van der Waals surface area contributed by atoms with E-state index in [0.717, 1.165) is 16.9 Å². The van der Waals surface area contributed by atoms with Crippen LogP contribution in [0.15, 0.2) is 48.5 Å². The molecule has 23 heavy (non-hydrogen) atoms. The summed E-state index contributed by atoms with van der Waals surface area (Å²) in [5.74, 6) is 1.05. The number of rotatable bonds is 5. The van der Waals surface area contributed by atoms with Crippen LogP contribution in [0.25, 0.3) is 11.0 Å². The Kier molecular flexibility index (Phi) is 4.52. The van der Waals surface area contributed by atoms with Gasteiger partial charge in [-0.2, -0.15) is 0 Å². The van der Waals surface area contributed by atoms with Crippen molar-refractivity contribution in [2.75, 3.05) is 11.1 Å². The molecule has 0 fully saturated rings. The summed E-state index contributed by atoms with van der Waals surface area (Å²) >= 11 is 1.49. The predicted molar refractivity (Wildman–Crippen MR) is 93.7 cm³/mol. The second-order valence-corrected chi connectivity index (χ2v) is 6.49. The molecule has 2 aromatic carbocycles. The Labute approximate surface area is 138 Å². The molecule has 1 amide bonds. The zero-order valence-electron chi connectivity index (χ0n) is 12.6. The lowest BCUT2D eigenvalue weighted by Crippen LogP contribution is -2.14. The van der Waals surface area contributed by atoms with Gasteiger partial charge in [0.15, 0.2) is 0 Å². The second kappa shape index (κ2) is 6.75. The predicted octanol–water partition coefficient (Wildman–Crippen LogP) is 3.70. The molecule has 0 aliphatic carbocycles. The van der Waals surface area contributed by atoms with Gasteiger partial charge < -0.3 is 15.4 Å². The number of fused-ring (bicyclic) bond motifs is 1. The zero-order valence-corrected chi connectivity index (χ0v) is 13.4. The van der Waals surface area contributed by atoms with Gasteiger partial charge in [0.2, 0.25) is 5.91 Å². The molecule has 118 valence electrons. The van der Waals surface area contributed by atoms with Gasteiger partial charge in [-0.15, -0.1) is 11.8 Å². The van der Waals surface area contributed by atoms with Gasteiger partial charge in [-0.25, -0.2) is 4.98 Å². The SMILES string of the molecule is C[C@@H](SCC(=O)Nc1ccccc1O)c1nc2ccccc2[nH]1. The van der Waals surface area contributed by atoms with E-state index in [2.05, 4.69) is 15.3 Å². The van der Waals surface area contributed by atoms with Crippen molar-refractivity contribution >= 4 is 34.4 Å². The number of amides is 1. The number of benzene rings is 2. The highest BCUT2D eigenvalue weighted by molar-refractivity contribution is 8.00. The number of thioether (sulfide) groups is 1. The summed E-state index contributed by atoms with van der Waals surface area (Å²) in [7, 11) is 0. The highest BCUT2D eigenvalue weighted by atomic mass is 32.2. The molecule has 3 aromatic rings. The van der Waals surface area contributed by atoms with Gasteiger partial charge in [-0.3, -0.25) is 4.79 Å². The van der Waals surface area contributed by atoms with E-state index in [1.165, 1.54) is 11.8 Å². The van der Waals surface area contributed by atoms with Crippen LogP contribution in [0.1, 0.15) is 18.0 Å². The number of anilines is 1. The third kappa shape index (κ3) is 3.65. The standard InChI is InChI=1S/C17H17N3O2S/c1-11(17-19-12-6-2-3-7-13(12)20-17)23-10-16(22)18-14-8-4-5-9-15(14)21/h2-9,11,21H,10H2,1H3,(H,18,22)(H,19,20)/t11-/m1/s1. The van der Waals surface area contributed by atoms with E-state index in [1.807, 2.05) is 31.2 Å². The van der Waals surface area contributed by atoms with Crippen LogP contribution in [-0.4, -0.2) is 26.7 Å². The fourth-order valence-electron chi connectivity index (χ4n) is 2.21. The maximum absolute atomic E-state index is 12.0. The average molecular weight is 327 g/mol. The topological polar surface area (TPSA) is 78.0 Å². The molecule has 0 spiro atoms. The fraction of sp³-hybridized carbons (Fsp3) is 0.176. The Morgan fingerprint density at radius 2 is 2.00 bits per heavy atom. The molecule has 0 saturated heterocycles. The number of para-hydroxylation sites is 4. The maximum Gasteiger partial charge on any atom is 0.234 e. The molecule has 0 aliphatic rings. The average Bonchev–Trinajstić information content (AvgIpc) is 2.99. The molecule has 0 radical (unpaired) electrons. The molecule has 1 heterocycles. The summed E-state index contributed by atoms with van der Waals surface area (Å²) in [6.07, 6.45) is 0. The minimum atomic E-state index is -0.153. The minimum Gasteiger partial charge on any atom is -0.506 e. The molecule has 5 nitrogen and oxygen atoms in total. The lowest BCUT2D eigenvalue weighted by Gasteiger charge is -2.09. The maximum atomic E-state index is 12.0. The third-order valence-corrected chi connectivity index (χ3v) is 4.59. The summed E-state index contributed by atoms with van der Waals surface area (Å²) in [5, 5.41) is 12.4. The molecule has 1 atom stereocenters. The molecule has 0 aliphatic heterocycles. The first-order valence-corrected chi connectivity index (χ1v) is 8.32. The number of imidazole rings is 1. The van der Waals surface area contributed by atoms with Crippen LogP contribution >= 0.6 is 11.8 Å². The van der Waals surface area contributed by atoms with Crippen molar-refractivity contribution < 1.29 is 9.90 Å². The molecule has 1 aromatic heterocycles. The number of nitrogens with one attached hydrogen (secondary N) is 2. The number of carbonyl (C=O) groups is 1. The molecule has 0 unspecified atom stereocenters. The molecule has 0 bridgehead atoms. The van der Waals surface area contributed by atoms with E-state index in [9.17, 15) is 9.90 Å². The molecule has 3 rings (SSSR count). The molecular weight excluding hydrogens is 310 g/mol. The Morgan fingerprint density at radius 3 is 2.78 bits per heavy atom. The summed E-state index contributed by atoms with van der Waals surface area (Å²) in [6, 6.07) is 14.5. The van der Waals surface area contributed by atoms with Crippen molar-refractivity contribution in [3.8, 4) is 5.75 Å². The van der Waals surface area contributed by atoms with Crippen LogP contribution in [0, 0.1) is 0 Å². The summed E-state index contributed by atoms with van der Waals surface area (Å²) in [6.45, 7) is 2.01. The van der Waals surface area contributed by atoms with Gasteiger partial charge in [0.05, 0.1) is 27.7 Å². The Morgan fingerprint density at radius 1 is 1.26 bits per heavy atom. The van der Waals surface area contributed by atoms with Gasteiger partial charge in [0, 0.05) is 0 Å². The van der Waals surface area contributed by atoms with Crippen LogP contribution in [0.5, 0.6) is 5.75 Å². The first-order chi connectivity index (χ1) is 11.1. The van der Waals surface area contributed by atoms with Crippen LogP contribution in [0.4, 0.5) is 5.69 Å². The highest BCUT2D eigenvalue weighted by Crippen LogP contribution is 2.28. The largest absolute Gasteiger partial charge is 0.506 e. The normalized spacial score (nSPS) is 12.2. The quantitative estimate of drug-likeness (QED) is 0.624. The van der Waals surface area contributed by atoms with Crippen LogP contribution < -0.4 is 5.32 Å². The first kappa shape index (κ1) is 15.4. The van der Waals surface area contributed by atoms with Gasteiger partial charge in [-0.1, -0.05) is 24.3 Å². The summed E-state index contributed by atoms with van der Waals surface area (Å²) in [4.78, 5) is 19.8. The lowest BCUT2D eigenvalue weighted by atomic mass is 10.3. The van der Waals surface area contributed by atoms with Crippen molar-refractivity contribution in [1.82, 2.24) is 9.97 Å². The zero-order chi connectivity index (χ0) is 16.2. The first-order valence-electron chi connectivity index (χ1n) is 7.27. The van der Waals surface area contributed by atoms with E-state index in [4.69, 9.17) is 0 Å². The number of H-pyrrole nitrogens is 1. The van der Waals surface area contributed by atoms with Crippen LogP contribution in [0.3, 0.4) is 0 Å². The van der Waals surface area contributed by atoms with E-state index < -0.39 is 0 Å². The number of aromatic nitrogens is 2. The Hall–Kier alpha value is -2.47. The van der Waals surface area contributed by atoms with E-state index >= 15 is 0 Å². The number of hydrogen-bond donors (Lipinski definition) is 3. The van der Waals surface area contributed by atoms with E-state index in [-0.39, 0.29) is 22.7 Å². The van der Waals surface area contributed by atoms with E-state index in [0.29, 0.717) is 5.69 Å². The highest BCUT2D eigenvalue weighted by Gasteiger charge is 2.14. The minimum absolute atomic E-state index is 0.0659. The van der Waals surface area contributed by atoms with Gasteiger partial charge >= 0.3 is 0 Å². The fourth-order valence-corrected chi connectivity index (χ4v) is 2.95. The smallest absolute Gasteiger partial charge is 0.234 e. The van der Waals surface area contributed by atoms with Crippen molar-refractivity contribution in [2.24, 2.45) is 0 Å². The number of carbonyl (C=O) groups excluding carboxylic acids is 1. The number of hydrogen-bond acceptors (Lipinski definition) is 4. The molecule has 0 saturated carbocycles. The summed E-state index contributed by atoms with van der Waals surface area (Å²) < 4.78 is 0. The second-order valence-electron chi connectivity index (χ2n) is 5.16. The third-order valence-electron chi connectivity index (χ3n) is 3.44. The Bertz CT molecular complexity index is 798. The van der Waals surface area contributed by atoms with Gasteiger partial charge in [0.25, 0.3) is 0 Å². The lowest BCUT2D eigenvalue weighted by molar-refractivity contribution is -0.113. The number of aromatic hydroxyl groups is 1. The Balaban J connectivity index is 1.59.